The van der Waals surface area contributed by atoms with Crippen LogP contribution in [0.3, 0.4) is 0 Å². The van der Waals surface area contributed by atoms with Gasteiger partial charge in [-0.2, -0.15) is 0 Å². The third kappa shape index (κ3) is 4.31. The Morgan fingerprint density at radius 3 is 3.12 bits per heavy atom. The highest BCUT2D eigenvalue weighted by Crippen LogP contribution is 2.34. The number of ether oxygens (including phenoxy) is 3. The van der Waals surface area contributed by atoms with Gasteiger partial charge < -0.3 is 29.4 Å². The summed E-state index contributed by atoms with van der Waals surface area (Å²) in [5, 5.41) is 5.62. The van der Waals surface area contributed by atoms with Crippen LogP contribution >= 0.6 is 0 Å². The maximum atomic E-state index is 11.8. The summed E-state index contributed by atoms with van der Waals surface area (Å²) in [5.41, 5.74) is 0. The van der Waals surface area contributed by atoms with Crippen LogP contribution in [0, 0.1) is 0 Å². The lowest BCUT2D eigenvalue weighted by Gasteiger charge is -2.15. The second-order valence-corrected chi connectivity index (χ2v) is 5.42. The van der Waals surface area contributed by atoms with Gasteiger partial charge in [-0.15, -0.1) is 0 Å². The second kappa shape index (κ2) is 7.58. The van der Waals surface area contributed by atoms with Crippen LogP contribution in [0.1, 0.15) is 6.92 Å². The number of amides is 2. The van der Waals surface area contributed by atoms with E-state index >= 15 is 0 Å². The first-order valence-corrected chi connectivity index (χ1v) is 7.73. The number of urea groups is 1. The van der Waals surface area contributed by atoms with E-state index in [1.807, 2.05) is 17.7 Å². The number of imidazole rings is 1. The van der Waals surface area contributed by atoms with Gasteiger partial charge in [-0.1, -0.05) is 0 Å². The van der Waals surface area contributed by atoms with Gasteiger partial charge in [-0.25, -0.2) is 9.78 Å². The van der Waals surface area contributed by atoms with Gasteiger partial charge in [-0.05, 0) is 19.1 Å². The zero-order valence-electron chi connectivity index (χ0n) is 13.4. The predicted octanol–water partition coefficient (Wildman–Crippen LogP) is 1.38. The predicted molar refractivity (Wildman–Crippen MR) is 86.3 cm³/mol. The Morgan fingerprint density at radius 2 is 2.29 bits per heavy atom. The smallest absolute Gasteiger partial charge is 0.315 e. The minimum Gasteiger partial charge on any atom is -0.492 e. The highest BCUT2D eigenvalue weighted by Gasteiger charge is 2.13. The minimum atomic E-state index is -0.225. The average molecular weight is 332 g/mol. The van der Waals surface area contributed by atoms with Gasteiger partial charge in [0.2, 0.25) is 6.79 Å². The van der Waals surface area contributed by atoms with Gasteiger partial charge in [0.05, 0.1) is 12.9 Å². The fourth-order valence-corrected chi connectivity index (χ4v) is 2.33. The van der Waals surface area contributed by atoms with Gasteiger partial charge in [0.1, 0.15) is 12.4 Å². The molecule has 1 atom stereocenters. The van der Waals surface area contributed by atoms with E-state index in [0.717, 1.165) is 0 Å². The van der Waals surface area contributed by atoms with E-state index in [4.69, 9.17) is 14.2 Å². The van der Waals surface area contributed by atoms with Gasteiger partial charge >= 0.3 is 6.03 Å². The van der Waals surface area contributed by atoms with E-state index in [-0.39, 0.29) is 18.9 Å². The molecule has 3 rings (SSSR count). The van der Waals surface area contributed by atoms with Crippen molar-refractivity contribution in [1.29, 1.82) is 0 Å². The van der Waals surface area contributed by atoms with E-state index in [1.54, 1.807) is 30.7 Å². The van der Waals surface area contributed by atoms with E-state index in [9.17, 15) is 4.79 Å². The molecule has 0 radical (unpaired) electrons. The summed E-state index contributed by atoms with van der Waals surface area (Å²) in [4.78, 5) is 15.8. The van der Waals surface area contributed by atoms with Crippen molar-refractivity contribution >= 4 is 6.03 Å². The zero-order valence-corrected chi connectivity index (χ0v) is 13.4. The lowest BCUT2D eigenvalue weighted by Crippen LogP contribution is -2.43. The summed E-state index contributed by atoms with van der Waals surface area (Å²) >= 11 is 0. The summed E-state index contributed by atoms with van der Waals surface area (Å²) in [6.07, 6.45) is 5.28. The van der Waals surface area contributed by atoms with Gasteiger partial charge in [-0.3, -0.25) is 0 Å². The number of hydrogen-bond acceptors (Lipinski definition) is 5. The molecular weight excluding hydrogens is 312 g/mol. The summed E-state index contributed by atoms with van der Waals surface area (Å²) in [5.74, 6) is 2.06. The van der Waals surface area contributed by atoms with Crippen LogP contribution in [0.4, 0.5) is 4.79 Å². The monoisotopic (exact) mass is 332 g/mol. The average Bonchev–Trinajstić information content (AvgIpc) is 3.22. The molecule has 0 saturated carbocycles. The summed E-state index contributed by atoms with van der Waals surface area (Å²) in [7, 11) is 0. The van der Waals surface area contributed by atoms with Crippen LogP contribution in [0.5, 0.6) is 17.2 Å². The Balaban J connectivity index is 1.33. The molecule has 0 spiro atoms. The van der Waals surface area contributed by atoms with E-state index < -0.39 is 0 Å². The number of nitrogens with zero attached hydrogens (tertiary/aromatic N) is 2. The Morgan fingerprint density at radius 1 is 1.42 bits per heavy atom. The van der Waals surface area contributed by atoms with Crippen LogP contribution < -0.4 is 24.8 Å². The molecule has 8 heteroatoms. The van der Waals surface area contributed by atoms with Crippen molar-refractivity contribution in [2.45, 2.75) is 19.5 Å². The standard InChI is InChI=1S/C16H20N4O4/c1-12(9-20-6-4-17-10-20)19-16(21)18-5-7-22-13-2-3-14-15(8-13)24-11-23-14/h2-4,6,8,10,12H,5,7,9,11H2,1H3,(H2,18,19,21). The van der Waals surface area contributed by atoms with Crippen LogP contribution in [0.25, 0.3) is 0 Å². The summed E-state index contributed by atoms with van der Waals surface area (Å²) in [6, 6.07) is 5.15. The van der Waals surface area contributed by atoms with Crippen molar-refractivity contribution in [2.24, 2.45) is 0 Å². The van der Waals surface area contributed by atoms with Crippen LogP contribution in [0.2, 0.25) is 0 Å². The number of carbonyl (C=O) groups is 1. The van der Waals surface area contributed by atoms with Crippen molar-refractivity contribution < 1.29 is 19.0 Å². The first-order chi connectivity index (χ1) is 11.7. The highest BCUT2D eigenvalue weighted by molar-refractivity contribution is 5.74. The molecule has 2 N–H and O–H groups in total. The molecule has 2 amide bonds. The quantitative estimate of drug-likeness (QED) is 0.748. The Hall–Kier alpha value is -2.90. The Bertz CT molecular complexity index is 675. The fourth-order valence-electron chi connectivity index (χ4n) is 2.33. The molecule has 0 fully saturated rings. The van der Waals surface area contributed by atoms with E-state index in [0.29, 0.717) is 36.9 Å². The number of nitrogens with one attached hydrogen (secondary N) is 2. The molecule has 1 aliphatic heterocycles. The molecule has 24 heavy (non-hydrogen) atoms. The second-order valence-electron chi connectivity index (χ2n) is 5.42. The summed E-state index contributed by atoms with van der Waals surface area (Å²) < 4.78 is 18.0. The molecule has 1 aliphatic rings. The molecule has 1 aromatic carbocycles. The van der Waals surface area contributed by atoms with Crippen molar-refractivity contribution in [2.75, 3.05) is 19.9 Å². The zero-order chi connectivity index (χ0) is 16.8. The maximum Gasteiger partial charge on any atom is 0.315 e. The lowest BCUT2D eigenvalue weighted by molar-refractivity contribution is 0.173. The minimum absolute atomic E-state index is 0.00558. The molecule has 1 unspecified atom stereocenters. The van der Waals surface area contributed by atoms with Crippen molar-refractivity contribution in [1.82, 2.24) is 20.2 Å². The molecule has 0 bridgehead atoms. The highest BCUT2D eigenvalue weighted by atomic mass is 16.7. The number of rotatable bonds is 7. The molecule has 128 valence electrons. The first kappa shape index (κ1) is 16.0. The van der Waals surface area contributed by atoms with Gasteiger partial charge in [0.25, 0.3) is 0 Å². The Kier molecular flexibility index (Phi) is 5.05. The number of aromatic nitrogens is 2. The number of carbonyl (C=O) groups excluding carboxylic acids is 1. The molecule has 8 nitrogen and oxygen atoms in total. The Labute approximate surface area is 139 Å². The number of hydrogen-bond donors (Lipinski definition) is 2. The third-order valence-electron chi connectivity index (χ3n) is 3.42. The maximum absolute atomic E-state index is 11.8. The van der Waals surface area contributed by atoms with Crippen molar-refractivity contribution in [3.8, 4) is 17.2 Å². The van der Waals surface area contributed by atoms with Gasteiger partial charge in [0, 0.05) is 31.0 Å². The molecule has 1 aromatic heterocycles. The first-order valence-electron chi connectivity index (χ1n) is 7.73. The van der Waals surface area contributed by atoms with Crippen LogP contribution in [-0.4, -0.2) is 41.6 Å². The molecule has 2 aromatic rings. The largest absolute Gasteiger partial charge is 0.492 e. The molecule has 0 aliphatic carbocycles. The normalized spacial score (nSPS) is 13.4. The fraction of sp³-hybridized carbons (Fsp3) is 0.375. The topological polar surface area (TPSA) is 86.6 Å². The van der Waals surface area contributed by atoms with Crippen LogP contribution in [0.15, 0.2) is 36.9 Å². The van der Waals surface area contributed by atoms with Gasteiger partial charge in [0.15, 0.2) is 11.5 Å². The lowest BCUT2D eigenvalue weighted by atomic mass is 10.3. The van der Waals surface area contributed by atoms with Crippen molar-refractivity contribution in [3.05, 3.63) is 36.9 Å². The van der Waals surface area contributed by atoms with Crippen LogP contribution in [-0.2, 0) is 6.54 Å². The van der Waals surface area contributed by atoms with E-state index in [1.165, 1.54) is 0 Å². The van der Waals surface area contributed by atoms with Crippen molar-refractivity contribution in [3.63, 3.8) is 0 Å². The SMILES string of the molecule is CC(Cn1ccnc1)NC(=O)NCCOc1ccc2c(c1)OCO2. The molecular formula is C16H20N4O4. The van der Waals surface area contributed by atoms with E-state index in [2.05, 4.69) is 15.6 Å². The number of benzene rings is 1. The number of fused-ring (bicyclic) bond motifs is 1. The molecule has 2 heterocycles. The third-order valence-corrected chi connectivity index (χ3v) is 3.42. The summed E-state index contributed by atoms with van der Waals surface area (Å²) in [6.45, 7) is 3.60. The molecule has 0 saturated heterocycles.